The van der Waals surface area contributed by atoms with E-state index in [1.165, 1.54) is 11.0 Å². The molecule has 316 valence electrons. The number of benzene rings is 2. The molecular formula is C44H49FN12O4. The van der Waals surface area contributed by atoms with Gasteiger partial charge in [-0.1, -0.05) is 0 Å². The van der Waals surface area contributed by atoms with Gasteiger partial charge in [0.05, 0.1) is 34.8 Å². The number of amides is 5. The van der Waals surface area contributed by atoms with Crippen LogP contribution < -0.4 is 25.3 Å². The van der Waals surface area contributed by atoms with Crippen molar-refractivity contribution >= 4 is 57.7 Å². The van der Waals surface area contributed by atoms with Gasteiger partial charge in [0.25, 0.3) is 5.91 Å². The molecule has 3 atom stereocenters. The van der Waals surface area contributed by atoms with E-state index in [-0.39, 0.29) is 54.9 Å². The van der Waals surface area contributed by atoms with Gasteiger partial charge in [-0.05, 0) is 81.0 Å². The number of nitriles is 1. The third-order valence-electron chi connectivity index (χ3n) is 13.0. The first-order valence-corrected chi connectivity index (χ1v) is 21.2. The summed E-state index contributed by atoms with van der Waals surface area (Å²) in [5.41, 5.74) is 4.22. The molecule has 61 heavy (non-hydrogen) atoms. The Morgan fingerprint density at radius 3 is 2.41 bits per heavy atom. The molecule has 5 amide bonds. The maximum atomic E-state index is 15.4. The highest BCUT2D eigenvalue weighted by molar-refractivity contribution is 6.05. The van der Waals surface area contributed by atoms with Crippen LogP contribution in [0.5, 0.6) is 0 Å². The van der Waals surface area contributed by atoms with E-state index in [1.54, 1.807) is 24.7 Å². The summed E-state index contributed by atoms with van der Waals surface area (Å²) in [5.74, 6) is -0.484. The standard InChI is InChI=1S/C44H49FN12O4/c1-27-24-56(28(2)23-55(27)36-6-5-30(20-46)40-33(36)4-3-11-47-40)44(61)50-32-21-48-43(49-22-32)54-12-9-29(10-13-54)25-52-14-16-53(17-15-52)38-18-31-26-57(42(60)34(31)19-35(38)45)37-7-8-39(58)51-41(37)59/h3-6,11,18-19,21-22,27-29,37H,7-10,12-17,23-26H2,1-2H3,(H,50,61)(H,51,58,59)/t27-,28+,37-/m0/s1. The lowest BCUT2D eigenvalue weighted by molar-refractivity contribution is -0.136. The number of fused-ring (bicyclic) bond motifs is 2. The predicted octanol–water partition coefficient (Wildman–Crippen LogP) is 3.97. The summed E-state index contributed by atoms with van der Waals surface area (Å²) >= 11 is 0. The number of piperazine rings is 2. The summed E-state index contributed by atoms with van der Waals surface area (Å²) in [7, 11) is 0. The van der Waals surface area contributed by atoms with Gasteiger partial charge in [-0.15, -0.1) is 0 Å². The fourth-order valence-electron chi connectivity index (χ4n) is 9.66. The Balaban J connectivity index is 0.729. The first kappa shape index (κ1) is 40.0. The van der Waals surface area contributed by atoms with Crippen LogP contribution in [-0.2, 0) is 16.1 Å². The average Bonchev–Trinajstić information content (AvgIpc) is 3.58. The van der Waals surface area contributed by atoms with Crippen molar-refractivity contribution in [1.29, 1.82) is 5.26 Å². The van der Waals surface area contributed by atoms with Crippen molar-refractivity contribution in [3.8, 4) is 6.07 Å². The minimum absolute atomic E-state index is 0.0292. The van der Waals surface area contributed by atoms with Crippen molar-refractivity contribution in [2.24, 2.45) is 5.92 Å². The van der Waals surface area contributed by atoms with Gasteiger partial charge in [0.1, 0.15) is 17.9 Å². The first-order chi connectivity index (χ1) is 29.5. The highest BCUT2D eigenvalue weighted by Gasteiger charge is 2.40. The van der Waals surface area contributed by atoms with E-state index in [4.69, 9.17) is 0 Å². The Morgan fingerprint density at radius 1 is 0.902 bits per heavy atom. The molecule has 4 saturated heterocycles. The van der Waals surface area contributed by atoms with Crippen molar-refractivity contribution in [2.45, 2.75) is 64.2 Å². The number of imide groups is 1. The van der Waals surface area contributed by atoms with Crippen LogP contribution in [0.4, 0.5) is 32.2 Å². The number of carbonyl (C=O) groups excluding carboxylic acids is 4. The number of rotatable bonds is 7. The molecule has 2 N–H and O–H groups in total. The van der Waals surface area contributed by atoms with Crippen molar-refractivity contribution in [1.82, 2.24) is 35.0 Å². The number of halogens is 1. The molecule has 5 aliphatic heterocycles. The summed E-state index contributed by atoms with van der Waals surface area (Å²) < 4.78 is 15.4. The number of carbonyl (C=O) groups is 4. The van der Waals surface area contributed by atoms with Gasteiger partial charge in [-0.25, -0.2) is 19.2 Å². The van der Waals surface area contributed by atoms with Gasteiger partial charge >= 0.3 is 6.03 Å². The first-order valence-electron chi connectivity index (χ1n) is 21.2. The molecule has 0 radical (unpaired) electrons. The SMILES string of the molecule is C[C@@H]1CN(c2ccc(C#N)c3ncccc23)[C@@H](C)CN1C(=O)Nc1cnc(N2CCC(CN3CCN(c4cc5c(cc4F)C(=O)N([C@H]4CCC(=O)NC4=O)C5)CC3)CC2)nc1. The smallest absolute Gasteiger partial charge is 0.322 e. The number of hydrogen-bond donors (Lipinski definition) is 2. The molecule has 0 aliphatic carbocycles. The van der Waals surface area contributed by atoms with Crippen LogP contribution in [-0.4, -0.2) is 130 Å². The van der Waals surface area contributed by atoms with E-state index in [1.807, 2.05) is 41.0 Å². The number of urea groups is 1. The summed E-state index contributed by atoms with van der Waals surface area (Å²) in [6, 6.07) is 12.0. The van der Waals surface area contributed by atoms with E-state index in [0.29, 0.717) is 66.1 Å². The highest BCUT2D eigenvalue weighted by Crippen LogP contribution is 2.35. The lowest BCUT2D eigenvalue weighted by Crippen LogP contribution is -2.59. The number of aromatic nitrogens is 3. The van der Waals surface area contributed by atoms with Crippen LogP contribution in [0.2, 0.25) is 0 Å². The van der Waals surface area contributed by atoms with Crippen molar-refractivity contribution < 1.29 is 23.6 Å². The molecule has 9 rings (SSSR count). The molecular weight excluding hydrogens is 780 g/mol. The second-order valence-electron chi connectivity index (χ2n) is 16.9. The number of anilines is 4. The van der Waals surface area contributed by atoms with Crippen LogP contribution in [0.25, 0.3) is 10.9 Å². The predicted molar refractivity (Wildman–Crippen MR) is 227 cm³/mol. The fourth-order valence-corrected chi connectivity index (χ4v) is 9.66. The molecule has 2 aromatic carbocycles. The second kappa shape index (κ2) is 16.6. The maximum absolute atomic E-state index is 15.4. The minimum Gasteiger partial charge on any atom is -0.367 e. The normalized spacial score (nSPS) is 22.7. The summed E-state index contributed by atoms with van der Waals surface area (Å²) in [6.45, 7) is 11.0. The largest absolute Gasteiger partial charge is 0.367 e. The molecule has 0 saturated carbocycles. The van der Waals surface area contributed by atoms with E-state index < -0.39 is 17.8 Å². The van der Waals surface area contributed by atoms with Crippen molar-refractivity contribution in [3.05, 3.63) is 77.5 Å². The van der Waals surface area contributed by atoms with Crippen molar-refractivity contribution in [3.63, 3.8) is 0 Å². The van der Waals surface area contributed by atoms with Gasteiger partial charge in [-0.2, -0.15) is 5.26 Å². The zero-order chi connectivity index (χ0) is 42.4. The summed E-state index contributed by atoms with van der Waals surface area (Å²) in [4.78, 5) is 76.7. The van der Waals surface area contributed by atoms with Crippen molar-refractivity contribution in [2.75, 3.05) is 78.9 Å². The topological polar surface area (TPSA) is 174 Å². The molecule has 0 spiro atoms. The zero-order valence-electron chi connectivity index (χ0n) is 34.4. The fraction of sp³-hybridized carbons (Fsp3) is 0.455. The van der Waals surface area contributed by atoms with Gasteiger partial charge in [-0.3, -0.25) is 29.6 Å². The van der Waals surface area contributed by atoms with Crippen LogP contribution in [0.1, 0.15) is 61.0 Å². The lowest BCUT2D eigenvalue weighted by Gasteiger charge is -2.45. The average molecular weight is 829 g/mol. The Kier molecular flexibility index (Phi) is 10.9. The van der Waals surface area contributed by atoms with Gasteiger partial charge in [0, 0.05) is 107 Å². The minimum atomic E-state index is -0.733. The molecule has 0 unspecified atom stereocenters. The molecule has 4 fully saturated rings. The summed E-state index contributed by atoms with van der Waals surface area (Å²) in [6.07, 6.45) is 7.47. The van der Waals surface area contributed by atoms with E-state index in [9.17, 15) is 24.4 Å². The van der Waals surface area contributed by atoms with Crippen LogP contribution in [0.3, 0.4) is 0 Å². The third-order valence-corrected chi connectivity index (χ3v) is 13.0. The highest BCUT2D eigenvalue weighted by atomic mass is 19.1. The number of nitrogens with one attached hydrogen (secondary N) is 2. The van der Waals surface area contributed by atoms with Gasteiger partial charge < -0.3 is 29.8 Å². The second-order valence-corrected chi connectivity index (χ2v) is 16.9. The Labute approximate surface area is 353 Å². The zero-order valence-corrected chi connectivity index (χ0v) is 34.4. The van der Waals surface area contributed by atoms with Crippen LogP contribution in [0.15, 0.2) is 55.0 Å². The van der Waals surface area contributed by atoms with Crippen LogP contribution >= 0.6 is 0 Å². The third kappa shape index (κ3) is 7.87. The Hall–Kier alpha value is -6.41. The lowest BCUT2D eigenvalue weighted by atomic mass is 9.96. The molecule has 16 nitrogen and oxygen atoms in total. The number of nitrogens with zero attached hydrogens (tertiary/aromatic N) is 10. The monoisotopic (exact) mass is 828 g/mol. The molecule has 5 aliphatic rings. The van der Waals surface area contributed by atoms with Gasteiger partial charge in [0.2, 0.25) is 17.8 Å². The van der Waals surface area contributed by atoms with E-state index in [0.717, 1.165) is 56.6 Å². The van der Waals surface area contributed by atoms with Crippen LogP contribution in [0, 0.1) is 23.1 Å². The Morgan fingerprint density at radius 2 is 1.67 bits per heavy atom. The maximum Gasteiger partial charge on any atom is 0.322 e. The molecule has 4 aromatic rings. The quantitative estimate of drug-likeness (QED) is 0.257. The number of pyridine rings is 1. The van der Waals surface area contributed by atoms with E-state index in [2.05, 4.69) is 53.3 Å². The number of piperidine rings is 2. The van der Waals surface area contributed by atoms with Gasteiger partial charge in [0.15, 0.2) is 0 Å². The van der Waals surface area contributed by atoms with E-state index >= 15 is 4.39 Å². The molecule has 2 aromatic heterocycles. The molecule has 7 heterocycles. The number of hydrogen-bond acceptors (Lipinski definition) is 12. The molecule has 17 heteroatoms. The molecule has 0 bridgehead atoms. The summed E-state index contributed by atoms with van der Waals surface area (Å²) in [5, 5.41) is 15.8. The Bertz CT molecular complexity index is 2410.